The van der Waals surface area contributed by atoms with E-state index in [2.05, 4.69) is 15.1 Å². The van der Waals surface area contributed by atoms with Crippen molar-refractivity contribution in [3.63, 3.8) is 0 Å². The van der Waals surface area contributed by atoms with Crippen molar-refractivity contribution in [2.75, 3.05) is 37.6 Å². The third-order valence-corrected chi connectivity index (χ3v) is 7.49. The van der Waals surface area contributed by atoms with Gasteiger partial charge >= 0.3 is 0 Å². The lowest BCUT2D eigenvalue weighted by molar-refractivity contribution is -0.132. The number of carbonyl (C=O) groups excluding carboxylic acids is 2. The molecule has 1 atom stereocenters. The first-order valence-electron chi connectivity index (χ1n) is 13.1. The number of aromatic nitrogens is 2. The normalized spacial score (nSPS) is 14.1. The Hall–Kier alpha value is -4.30. The zero-order chi connectivity index (χ0) is 28.1. The number of hydrogen-bond acceptors (Lipinski definition) is 5. The van der Waals surface area contributed by atoms with Crippen molar-refractivity contribution in [3.8, 4) is 11.3 Å². The van der Waals surface area contributed by atoms with E-state index in [0.717, 1.165) is 16.9 Å². The van der Waals surface area contributed by atoms with E-state index >= 15 is 0 Å². The Bertz CT molecular complexity index is 1460. The Labute approximate surface area is 237 Å². The van der Waals surface area contributed by atoms with Crippen molar-refractivity contribution in [1.29, 1.82) is 0 Å². The topological polar surface area (TPSA) is 69.6 Å². The number of rotatable bonds is 7. The molecule has 2 heterocycles. The summed E-state index contributed by atoms with van der Waals surface area (Å²) >= 11 is 6.29. The van der Waals surface area contributed by atoms with Gasteiger partial charge in [0.05, 0.1) is 16.8 Å². The lowest BCUT2D eigenvalue weighted by Gasteiger charge is -2.37. The molecule has 0 saturated carbocycles. The molecular formula is C31H29ClFN5O2. The molecule has 1 aromatic heterocycles. The molecule has 0 aliphatic carbocycles. The van der Waals surface area contributed by atoms with Gasteiger partial charge < -0.3 is 14.7 Å². The molecule has 2 amide bonds. The van der Waals surface area contributed by atoms with Crippen molar-refractivity contribution in [2.24, 2.45) is 0 Å². The number of halogens is 2. The van der Waals surface area contributed by atoms with Gasteiger partial charge in [-0.05, 0) is 55.0 Å². The van der Waals surface area contributed by atoms with E-state index in [4.69, 9.17) is 11.6 Å². The summed E-state index contributed by atoms with van der Waals surface area (Å²) in [5.41, 5.74) is 2.76. The fourth-order valence-electron chi connectivity index (χ4n) is 4.79. The zero-order valence-corrected chi connectivity index (χ0v) is 22.8. The average molecular weight is 558 g/mol. The van der Waals surface area contributed by atoms with Crippen LogP contribution in [0.25, 0.3) is 11.3 Å². The summed E-state index contributed by atoms with van der Waals surface area (Å²) in [6.07, 6.45) is 0. The van der Waals surface area contributed by atoms with Gasteiger partial charge in [0.2, 0.25) is 5.91 Å². The molecule has 0 spiro atoms. The quantitative estimate of drug-likeness (QED) is 0.301. The van der Waals surface area contributed by atoms with Gasteiger partial charge in [-0.15, -0.1) is 10.2 Å². The summed E-state index contributed by atoms with van der Waals surface area (Å²) < 4.78 is 13.5. The number of amides is 2. The predicted octanol–water partition coefficient (Wildman–Crippen LogP) is 5.49. The van der Waals surface area contributed by atoms with Gasteiger partial charge in [0.1, 0.15) is 12.4 Å². The highest BCUT2D eigenvalue weighted by atomic mass is 35.5. The van der Waals surface area contributed by atoms with E-state index in [-0.39, 0.29) is 24.4 Å². The van der Waals surface area contributed by atoms with Crippen LogP contribution in [-0.2, 0) is 4.79 Å². The molecule has 1 saturated heterocycles. The van der Waals surface area contributed by atoms with Crippen molar-refractivity contribution in [3.05, 3.63) is 113 Å². The summed E-state index contributed by atoms with van der Waals surface area (Å²) in [7, 11) is 0. The van der Waals surface area contributed by atoms with Gasteiger partial charge in [-0.2, -0.15) is 0 Å². The minimum Gasteiger partial charge on any atom is -0.352 e. The number of carbonyl (C=O) groups is 2. The smallest absolute Gasteiger partial charge is 0.254 e. The first kappa shape index (κ1) is 27.3. The maximum Gasteiger partial charge on any atom is 0.254 e. The average Bonchev–Trinajstić information content (AvgIpc) is 3.00. The molecular weight excluding hydrogens is 529 g/mol. The monoisotopic (exact) mass is 557 g/mol. The molecule has 204 valence electrons. The van der Waals surface area contributed by atoms with Crippen LogP contribution in [0.15, 0.2) is 91.0 Å². The highest BCUT2D eigenvalue weighted by Gasteiger charge is 2.29. The second-order valence-electron chi connectivity index (χ2n) is 9.65. The largest absolute Gasteiger partial charge is 0.352 e. The van der Waals surface area contributed by atoms with Crippen molar-refractivity contribution in [2.45, 2.75) is 13.0 Å². The first-order valence-corrected chi connectivity index (χ1v) is 13.5. The van der Waals surface area contributed by atoms with Crippen LogP contribution in [0.4, 0.5) is 10.2 Å². The van der Waals surface area contributed by atoms with Gasteiger partial charge in [-0.25, -0.2) is 4.39 Å². The van der Waals surface area contributed by atoms with Crippen LogP contribution in [-0.4, -0.2) is 64.5 Å². The Kier molecular flexibility index (Phi) is 8.36. The van der Waals surface area contributed by atoms with Crippen LogP contribution in [0.5, 0.6) is 0 Å². The lowest BCUT2D eigenvalue weighted by Crippen LogP contribution is -2.52. The molecule has 9 heteroatoms. The summed E-state index contributed by atoms with van der Waals surface area (Å²) in [6, 6.07) is 25.9. The van der Waals surface area contributed by atoms with Crippen LogP contribution in [0.2, 0.25) is 5.02 Å². The molecule has 0 bridgehead atoms. The Morgan fingerprint density at radius 1 is 0.875 bits per heavy atom. The number of anilines is 1. The Morgan fingerprint density at radius 2 is 1.55 bits per heavy atom. The molecule has 0 N–H and O–H groups in total. The summed E-state index contributed by atoms with van der Waals surface area (Å²) in [6.45, 7) is 3.97. The van der Waals surface area contributed by atoms with E-state index in [9.17, 15) is 14.0 Å². The summed E-state index contributed by atoms with van der Waals surface area (Å²) in [5, 5.41) is 9.36. The molecule has 1 aliphatic rings. The summed E-state index contributed by atoms with van der Waals surface area (Å²) in [4.78, 5) is 32.3. The lowest BCUT2D eigenvalue weighted by atomic mass is 10.1. The number of hydrogen-bond donors (Lipinski definition) is 0. The molecule has 40 heavy (non-hydrogen) atoms. The van der Waals surface area contributed by atoms with Crippen LogP contribution in [0.1, 0.15) is 28.9 Å². The molecule has 3 aromatic carbocycles. The standard InChI is InChI=1S/C31H29ClFN5O2/c1-22(23-7-3-2-4-8-23)38(31(40)24-11-13-25(33)14-12-24)21-30(39)37-19-17-36(18-20-37)29-16-15-28(34-35-29)26-9-5-6-10-27(26)32/h2-16,22H,17-21H2,1H3/t22-/m1/s1. The first-order chi connectivity index (χ1) is 19.4. The highest BCUT2D eigenvalue weighted by molar-refractivity contribution is 6.33. The van der Waals surface area contributed by atoms with Gasteiger partial charge in [-0.1, -0.05) is 60.1 Å². The maximum absolute atomic E-state index is 13.5. The van der Waals surface area contributed by atoms with E-state index in [1.54, 1.807) is 9.80 Å². The molecule has 5 rings (SSSR count). The number of nitrogens with zero attached hydrogens (tertiary/aromatic N) is 5. The Morgan fingerprint density at radius 3 is 2.20 bits per heavy atom. The maximum atomic E-state index is 13.5. The van der Waals surface area contributed by atoms with Crippen molar-refractivity contribution >= 4 is 29.2 Å². The second kappa shape index (κ2) is 12.3. The third kappa shape index (κ3) is 6.13. The van der Waals surface area contributed by atoms with Crippen molar-refractivity contribution in [1.82, 2.24) is 20.0 Å². The molecule has 0 radical (unpaired) electrons. The highest BCUT2D eigenvalue weighted by Crippen LogP contribution is 2.27. The van der Waals surface area contributed by atoms with E-state index in [1.165, 1.54) is 24.3 Å². The van der Waals surface area contributed by atoms with Gasteiger partial charge in [0.25, 0.3) is 5.91 Å². The Balaban J connectivity index is 1.25. The van der Waals surface area contributed by atoms with Crippen LogP contribution >= 0.6 is 11.6 Å². The van der Waals surface area contributed by atoms with Gasteiger partial charge in [-0.3, -0.25) is 9.59 Å². The SMILES string of the molecule is C[C@H](c1ccccc1)N(CC(=O)N1CCN(c2ccc(-c3ccccc3Cl)nn2)CC1)C(=O)c1ccc(F)cc1. The second-order valence-corrected chi connectivity index (χ2v) is 10.1. The van der Waals surface area contributed by atoms with Crippen LogP contribution in [0, 0.1) is 5.82 Å². The molecule has 1 fully saturated rings. The number of piperazine rings is 1. The minimum absolute atomic E-state index is 0.0847. The minimum atomic E-state index is -0.420. The fourth-order valence-corrected chi connectivity index (χ4v) is 5.02. The molecule has 1 aliphatic heterocycles. The molecule has 4 aromatic rings. The van der Waals surface area contributed by atoms with E-state index in [1.807, 2.05) is 73.7 Å². The molecule has 0 unspecified atom stereocenters. The van der Waals surface area contributed by atoms with Gasteiger partial charge in [0.15, 0.2) is 5.82 Å². The third-order valence-electron chi connectivity index (χ3n) is 7.16. The number of benzene rings is 3. The van der Waals surface area contributed by atoms with E-state index in [0.29, 0.717) is 42.5 Å². The van der Waals surface area contributed by atoms with Gasteiger partial charge in [0, 0.05) is 37.3 Å². The molecule has 7 nitrogen and oxygen atoms in total. The summed E-state index contributed by atoms with van der Waals surface area (Å²) in [5.74, 6) is -0.152. The van der Waals surface area contributed by atoms with Crippen molar-refractivity contribution < 1.29 is 14.0 Å². The van der Waals surface area contributed by atoms with Crippen LogP contribution < -0.4 is 4.90 Å². The zero-order valence-electron chi connectivity index (χ0n) is 22.1. The van der Waals surface area contributed by atoms with Crippen LogP contribution in [0.3, 0.4) is 0 Å². The predicted molar refractivity (Wildman–Crippen MR) is 154 cm³/mol. The van der Waals surface area contributed by atoms with E-state index < -0.39 is 5.82 Å². The fraction of sp³-hybridized carbons (Fsp3) is 0.226.